The highest BCUT2D eigenvalue weighted by Crippen LogP contribution is 2.55. The predicted octanol–water partition coefficient (Wildman–Crippen LogP) is 5.38. The monoisotopic (exact) mass is 655 g/mol. The van der Waals surface area contributed by atoms with Crippen LogP contribution in [0, 0.1) is 5.92 Å². The molecular weight excluding hydrogens is 631 g/mol. The van der Waals surface area contributed by atoms with Gasteiger partial charge in [0.15, 0.2) is 0 Å². The zero-order valence-corrected chi connectivity index (χ0v) is 25.3. The van der Waals surface area contributed by atoms with E-state index in [-0.39, 0.29) is 5.69 Å². The minimum Gasteiger partial charge on any atom is -0.497 e. The van der Waals surface area contributed by atoms with Crippen LogP contribution in [0.2, 0.25) is 0 Å². The van der Waals surface area contributed by atoms with E-state index in [4.69, 9.17) is 9.47 Å². The maximum atomic E-state index is 14.1. The first-order valence-electron chi connectivity index (χ1n) is 13.5. The lowest BCUT2D eigenvalue weighted by molar-refractivity contribution is -0.137. The van der Waals surface area contributed by atoms with E-state index in [9.17, 15) is 32.3 Å². The van der Waals surface area contributed by atoms with Gasteiger partial charge in [-0.1, -0.05) is 47.4 Å². The van der Waals surface area contributed by atoms with Gasteiger partial charge < -0.3 is 14.8 Å². The first-order chi connectivity index (χ1) is 21.5. The smallest absolute Gasteiger partial charge is 0.416 e. The molecule has 3 unspecified atom stereocenters. The predicted molar refractivity (Wildman–Crippen MR) is 162 cm³/mol. The van der Waals surface area contributed by atoms with Crippen LogP contribution < -0.4 is 24.6 Å². The van der Waals surface area contributed by atoms with E-state index in [1.165, 1.54) is 30.9 Å². The van der Waals surface area contributed by atoms with Gasteiger partial charge in [-0.25, -0.2) is 4.90 Å². The summed E-state index contributed by atoms with van der Waals surface area (Å²) in [5.41, 5.74) is -0.0624. The van der Waals surface area contributed by atoms with Gasteiger partial charge in [-0.05, 0) is 48.5 Å². The van der Waals surface area contributed by atoms with Crippen molar-refractivity contribution in [1.29, 1.82) is 0 Å². The Bertz CT molecular complexity index is 1870. The third-order valence-electron chi connectivity index (χ3n) is 7.63. The molecule has 14 heteroatoms. The molecule has 1 N–H and O–H groups in total. The number of ether oxygens (including phenoxy) is 2. The topological polar surface area (TPSA) is 107 Å². The molecule has 1 saturated heterocycles. The van der Waals surface area contributed by atoms with Crippen molar-refractivity contribution in [2.45, 2.75) is 28.9 Å². The van der Waals surface area contributed by atoms with Gasteiger partial charge in [0.05, 0.1) is 36.4 Å². The molecular formula is C31H24F3N3O6S2. The van der Waals surface area contributed by atoms with Gasteiger partial charge in [-0.15, -0.1) is 0 Å². The van der Waals surface area contributed by atoms with E-state index in [2.05, 4.69) is 5.32 Å². The van der Waals surface area contributed by atoms with Gasteiger partial charge in [0.25, 0.3) is 0 Å². The number of benzene rings is 3. The molecule has 6 rings (SSSR count). The van der Waals surface area contributed by atoms with Crippen molar-refractivity contribution in [3.05, 3.63) is 98.5 Å². The van der Waals surface area contributed by atoms with Crippen LogP contribution in [-0.4, -0.2) is 41.8 Å². The number of rotatable bonds is 7. The molecule has 1 aromatic heterocycles. The fraction of sp³-hybridized carbons (Fsp3) is 0.226. The summed E-state index contributed by atoms with van der Waals surface area (Å²) < 4.78 is 51.6. The first kappa shape index (κ1) is 30.5. The van der Waals surface area contributed by atoms with Gasteiger partial charge in [0, 0.05) is 22.0 Å². The molecule has 0 spiro atoms. The maximum absolute atomic E-state index is 14.1. The molecule has 0 bridgehead atoms. The highest BCUT2D eigenvalue weighted by atomic mass is 32.2. The molecule has 3 atom stereocenters. The Kier molecular flexibility index (Phi) is 7.95. The largest absolute Gasteiger partial charge is 0.497 e. The number of carbonyl (C=O) groups is 3. The van der Waals surface area contributed by atoms with Crippen LogP contribution >= 0.6 is 23.1 Å². The van der Waals surface area contributed by atoms with E-state index in [0.29, 0.717) is 32.7 Å². The second kappa shape index (κ2) is 11.7. The summed E-state index contributed by atoms with van der Waals surface area (Å²) in [5, 5.41) is 1.82. The number of fused-ring (bicyclic) bond motifs is 2. The zero-order valence-electron chi connectivity index (χ0n) is 23.7. The summed E-state index contributed by atoms with van der Waals surface area (Å²) in [6, 6.07) is 17.7. The van der Waals surface area contributed by atoms with Gasteiger partial charge in [0.2, 0.25) is 17.7 Å². The number of aromatic nitrogens is 1. The number of imide groups is 1. The molecule has 4 aromatic rings. The van der Waals surface area contributed by atoms with Gasteiger partial charge in [0.1, 0.15) is 23.3 Å². The first-order valence-corrected chi connectivity index (χ1v) is 15.2. The van der Waals surface area contributed by atoms with Crippen molar-refractivity contribution in [1.82, 2.24) is 4.57 Å². The second-order valence-corrected chi connectivity index (χ2v) is 12.4. The summed E-state index contributed by atoms with van der Waals surface area (Å²) in [4.78, 5) is 55.5. The number of halogens is 3. The van der Waals surface area contributed by atoms with Crippen LogP contribution in [0.5, 0.6) is 11.5 Å². The molecule has 3 amide bonds. The summed E-state index contributed by atoms with van der Waals surface area (Å²) >= 11 is 1.88. The number of thiazole rings is 1. The number of nitrogens with one attached hydrogen (secondary N) is 1. The molecule has 0 radical (unpaired) electrons. The molecule has 2 aliphatic heterocycles. The zero-order chi connectivity index (χ0) is 32.0. The lowest BCUT2D eigenvalue weighted by Crippen LogP contribution is -2.33. The Morgan fingerprint density at radius 2 is 1.67 bits per heavy atom. The molecule has 0 aliphatic carbocycles. The quantitative estimate of drug-likeness (QED) is 0.267. The van der Waals surface area contributed by atoms with Crippen molar-refractivity contribution in [3.8, 4) is 11.5 Å². The molecule has 0 saturated carbocycles. The minimum atomic E-state index is -4.60. The summed E-state index contributed by atoms with van der Waals surface area (Å²) in [6.07, 6.45) is -4.60. The molecule has 3 heterocycles. The second-order valence-electron chi connectivity index (χ2n) is 10.2. The fourth-order valence-corrected chi connectivity index (χ4v) is 8.38. The number of para-hydroxylation sites is 1. The Labute approximate surface area is 262 Å². The van der Waals surface area contributed by atoms with Crippen molar-refractivity contribution >= 4 is 52.2 Å². The number of methoxy groups -OCH3 is 2. The lowest BCUT2D eigenvalue weighted by Gasteiger charge is -2.31. The number of carbonyl (C=O) groups excluding carboxylic acids is 3. The van der Waals surface area contributed by atoms with E-state index < -0.39 is 58.0 Å². The number of hydrogen-bond acceptors (Lipinski definition) is 8. The van der Waals surface area contributed by atoms with Crippen LogP contribution in [0.15, 0.2) is 82.6 Å². The van der Waals surface area contributed by atoms with Crippen LogP contribution in [0.3, 0.4) is 0 Å². The molecule has 9 nitrogen and oxygen atoms in total. The average molecular weight is 656 g/mol. The average Bonchev–Trinajstić information content (AvgIpc) is 3.46. The Morgan fingerprint density at radius 3 is 2.36 bits per heavy atom. The fourth-order valence-electron chi connectivity index (χ4n) is 5.62. The summed E-state index contributed by atoms with van der Waals surface area (Å²) in [6.45, 7) is -0.520. The van der Waals surface area contributed by atoms with Crippen molar-refractivity contribution in [2.24, 2.45) is 5.92 Å². The molecule has 2 aliphatic rings. The Hall–Kier alpha value is -4.56. The minimum absolute atomic E-state index is 0.0849. The van der Waals surface area contributed by atoms with E-state index >= 15 is 0 Å². The van der Waals surface area contributed by atoms with Crippen molar-refractivity contribution in [2.75, 3.05) is 24.4 Å². The lowest BCUT2D eigenvalue weighted by atomic mass is 9.82. The summed E-state index contributed by atoms with van der Waals surface area (Å²) in [5.74, 6) is -2.31. The summed E-state index contributed by atoms with van der Waals surface area (Å²) in [7, 11) is 2.98. The highest BCUT2D eigenvalue weighted by Gasteiger charge is 2.57. The standard InChI is InChI=1S/C31H24F3N3O6S2/c1-42-19-12-10-18(11-13-19)37-27(39)24-23(20-8-3-4-9-21(20)43-2)26-29(44-25(24)28(37)40)36(30(41)45-26)15-22(38)35-17-7-5-6-16(14-17)31(32,33)34/h3-14,23-25H,15H2,1-2H3,(H,35,38). The SMILES string of the molecule is COc1ccc(N2C(=O)C3Sc4c(sc(=O)n4CC(=O)Nc4cccc(C(F)(F)F)c4)C(c4ccccc4OC)C3C2=O)cc1. The molecule has 45 heavy (non-hydrogen) atoms. The highest BCUT2D eigenvalue weighted by molar-refractivity contribution is 8.00. The van der Waals surface area contributed by atoms with Crippen LogP contribution in [0.25, 0.3) is 0 Å². The number of thioether (sulfide) groups is 1. The molecule has 3 aromatic carbocycles. The van der Waals surface area contributed by atoms with E-state index in [0.717, 1.165) is 40.1 Å². The van der Waals surface area contributed by atoms with Gasteiger partial charge in [-0.2, -0.15) is 13.2 Å². The van der Waals surface area contributed by atoms with Crippen molar-refractivity contribution in [3.63, 3.8) is 0 Å². The van der Waals surface area contributed by atoms with Crippen LogP contribution in [0.4, 0.5) is 24.5 Å². The number of nitrogens with zero attached hydrogens (tertiary/aromatic N) is 2. The van der Waals surface area contributed by atoms with Crippen LogP contribution in [-0.2, 0) is 27.1 Å². The Morgan fingerprint density at radius 1 is 0.933 bits per heavy atom. The Balaban J connectivity index is 1.39. The third kappa shape index (κ3) is 5.48. The molecule has 1 fully saturated rings. The maximum Gasteiger partial charge on any atom is 0.416 e. The van der Waals surface area contributed by atoms with Gasteiger partial charge in [-0.3, -0.25) is 23.7 Å². The number of hydrogen-bond donors (Lipinski definition) is 1. The van der Waals surface area contributed by atoms with Crippen LogP contribution in [0.1, 0.15) is 21.9 Å². The third-order valence-corrected chi connectivity index (χ3v) is 10.2. The van der Waals surface area contributed by atoms with E-state index in [1.54, 1.807) is 48.5 Å². The van der Waals surface area contributed by atoms with Crippen molar-refractivity contribution < 1.29 is 37.0 Å². The van der Waals surface area contributed by atoms with E-state index in [1.807, 2.05) is 0 Å². The number of anilines is 2. The number of amides is 3. The molecule has 232 valence electrons. The van der Waals surface area contributed by atoms with Gasteiger partial charge >= 0.3 is 11.0 Å². The number of alkyl halides is 3. The normalized spacial score (nSPS) is 19.2.